The van der Waals surface area contributed by atoms with Crippen LogP contribution in [0.5, 0.6) is 0 Å². The second kappa shape index (κ2) is 4.04. The molecule has 0 bridgehead atoms. The van der Waals surface area contributed by atoms with Crippen molar-refractivity contribution in [3.8, 4) is 0 Å². The third-order valence-corrected chi connectivity index (χ3v) is 3.34. The van der Waals surface area contributed by atoms with Crippen LogP contribution in [0.2, 0.25) is 5.02 Å². The Morgan fingerprint density at radius 1 is 1.36 bits per heavy atom. The van der Waals surface area contributed by atoms with Crippen molar-refractivity contribution in [3.63, 3.8) is 0 Å². The molecule has 0 aliphatic carbocycles. The molecule has 2 rings (SSSR count). The van der Waals surface area contributed by atoms with Gasteiger partial charge in [0.25, 0.3) is 0 Å². The van der Waals surface area contributed by atoms with Crippen molar-refractivity contribution in [1.82, 2.24) is 10.2 Å². The third kappa shape index (κ3) is 1.77. The van der Waals surface area contributed by atoms with Crippen molar-refractivity contribution in [2.24, 2.45) is 5.73 Å². The van der Waals surface area contributed by atoms with Crippen molar-refractivity contribution in [1.29, 1.82) is 0 Å². The van der Waals surface area contributed by atoms with Gasteiger partial charge in [0.2, 0.25) is 0 Å². The fourth-order valence-corrected chi connectivity index (χ4v) is 2.37. The Kier molecular flexibility index (Phi) is 2.77. The molecule has 1 unspecified atom stereocenters. The summed E-state index contributed by atoms with van der Waals surface area (Å²) >= 11 is 7.53. The maximum atomic E-state index is 6.02. The summed E-state index contributed by atoms with van der Waals surface area (Å²) < 4.78 is 0. The quantitative estimate of drug-likeness (QED) is 0.853. The van der Waals surface area contributed by atoms with E-state index in [0.717, 1.165) is 10.4 Å². The highest BCUT2D eigenvalue weighted by Gasteiger charge is 2.13. The Morgan fingerprint density at radius 2 is 2.21 bits per heavy atom. The van der Waals surface area contributed by atoms with E-state index in [1.165, 1.54) is 0 Å². The van der Waals surface area contributed by atoms with Crippen LogP contribution < -0.4 is 5.73 Å². The first kappa shape index (κ1) is 9.58. The summed E-state index contributed by atoms with van der Waals surface area (Å²) in [7, 11) is 0. The Labute approximate surface area is 90.5 Å². The van der Waals surface area contributed by atoms with Crippen LogP contribution in [-0.2, 0) is 0 Å². The lowest BCUT2D eigenvalue weighted by Gasteiger charge is -2.09. The van der Waals surface area contributed by atoms with Gasteiger partial charge in [0, 0.05) is 11.1 Å². The molecule has 3 nitrogen and oxygen atoms in total. The molecule has 72 valence electrons. The van der Waals surface area contributed by atoms with E-state index < -0.39 is 0 Å². The number of nitrogens with two attached hydrogens (primary N) is 1. The number of aromatic nitrogens is 2. The Balaban J connectivity index is 2.34. The minimum absolute atomic E-state index is 0.210. The molecule has 0 aliphatic heterocycles. The molecule has 0 fully saturated rings. The van der Waals surface area contributed by atoms with E-state index in [9.17, 15) is 0 Å². The fourth-order valence-electron chi connectivity index (χ4n) is 1.16. The predicted molar refractivity (Wildman–Crippen MR) is 57.4 cm³/mol. The highest BCUT2D eigenvalue weighted by Crippen LogP contribution is 2.30. The van der Waals surface area contributed by atoms with Crippen molar-refractivity contribution in [3.05, 3.63) is 45.4 Å². The Morgan fingerprint density at radius 3 is 2.79 bits per heavy atom. The van der Waals surface area contributed by atoms with E-state index in [1.54, 1.807) is 23.7 Å². The van der Waals surface area contributed by atoms with Gasteiger partial charge >= 0.3 is 0 Å². The molecule has 1 atom stereocenters. The summed E-state index contributed by atoms with van der Waals surface area (Å²) in [5, 5.41) is 10.1. The van der Waals surface area contributed by atoms with E-state index in [-0.39, 0.29) is 6.04 Å². The van der Waals surface area contributed by atoms with Crippen LogP contribution in [0.15, 0.2) is 29.9 Å². The molecule has 2 aromatic rings. The molecule has 5 heteroatoms. The van der Waals surface area contributed by atoms with Gasteiger partial charge in [-0.2, -0.15) is 10.2 Å². The molecule has 0 saturated heterocycles. The van der Waals surface area contributed by atoms with Gasteiger partial charge in [0.15, 0.2) is 0 Å². The first-order valence-electron chi connectivity index (χ1n) is 4.04. The SMILES string of the molecule is NC(c1ccnnc1)c1sccc1Cl. The van der Waals surface area contributed by atoms with Gasteiger partial charge in [-0.1, -0.05) is 11.6 Å². The van der Waals surface area contributed by atoms with Gasteiger partial charge in [0.1, 0.15) is 0 Å². The summed E-state index contributed by atoms with van der Waals surface area (Å²) in [5.41, 5.74) is 6.94. The number of hydrogen-bond acceptors (Lipinski definition) is 4. The smallest absolute Gasteiger partial charge is 0.0677 e. The van der Waals surface area contributed by atoms with E-state index in [0.29, 0.717) is 5.02 Å². The van der Waals surface area contributed by atoms with E-state index in [4.69, 9.17) is 17.3 Å². The minimum Gasteiger partial charge on any atom is -0.320 e. The second-order valence-corrected chi connectivity index (χ2v) is 4.14. The lowest BCUT2D eigenvalue weighted by molar-refractivity contribution is 0.863. The van der Waals surface area contributed by atoms with Gasteiger partial charge in [-0.25, -0.2) is 0 Å². The average molecular weight is 226 g/mol. The zero-order valence-corrected chi connectivity index (χ0v) is 8.79. The van der Waals surface area contributed by atoms with E-state index >= 15 is 0 Å². The van der Waals surface area contributed by atoms with Crippen LogP contribution in [0.4, 0.5) is 0 Å². The van der Waals surface area contributed by atoms with Gasteiger partial charge in [-0.3, -0.25) is 0 Å². The average Bonchev–Trinajstić information content (AvgIpc) is 2.65. The van der Waals surface area contributed by atoms with Gasteiger partial charge < -0.3 is 5.73 Å². The highest BCUT2D eigenvalue weighted by molar-refractivity contribution is 7.10. The summed E-state index contributed by atoms with van der Waals surface area (Å²) in [4.78, 5) is 0.958. The third-order valence-electron chi connectivity index (χ3n) is 1.89. The molecule has 0 aromatic carbocycles. The van der Waals surface area contributed by atoms with Crippen molar-refractivity contribution >= 4 is 22.9 Å². The van der Waals surface area contributed by atoms with Crippen LogP contribution in [0.25, 0.3) is 0 Å². The predicted octanol–water partition coefficient (Wildman–Crippen LogP) is 2.24. The lowest BCUT2D eigenvalue weighted by atomic mass is 10.1. The van der Waals surface area contributed by atoms with E-state index in [2.05, 4.69) is 10.2 Å². The van der Waals surface area contributed by atoms with Crippen LogP contribution >= 0.6 is 22.9 Å². The Hall–Kier alpha value is -0.970. The summed E-state index contributed by atoms with van der Waals surface area (Å²) in [5.74, 6) is 0. The number of halogens is 1. The standard InChI is InChI=1S/C9H8ClN3S/c10-7-2-4-14-9(7)8(11)6-1-3-12-13-5-6/h1-5,8H,11H2. The summed E-state index contributed by atoms with van der Waals surface area (Å²) in [6, 6.07) is 3.47. The van der Waals surface area contributed by atoms with Crippen LogP contribution in [-0.4, -0.2) is 10.2 Å². The fraction of sp³-hybridized carbons (Fsp3) is 0.111. The van der Waals surface area contributed by atoms with Gasteiger partial charge in [0.05, 0.1) is 17.3 Å². The van der Waals surface area contributed by atoms with Gasteiger partial charge in [-0.15, -0.1) is 11.3 Å². The van der Waals surface area contributed by atoms with Crippen LogP contribution in [0, 0.1) is 0 Å². The molecule has 2 N–H and O–H groups in total. The van der Waals surface area contributed by atoms with Crippen LogP contribution in [0.3, 0.4) is 0 Å². The topological polar surface area (TPSA) is 51.8 Å². The molecule has 0 aliphatic rings. The van der Waals surface area contributed by atoms with E-state index in [1.807, 2.05) is 17.5 Å². The first-order chi connectivity index (χ1) is 6.79. The van der Waals surface area contributed by atoms with Crippen LogP contribution in [0.1, 0.15) is 16.5 Å². The molecule has 0 amide bonds. The monoisotopic (exact) mass is 225 g/mol. The highest BCUT2D eigenvalue weighted by atomic mass is 35.5. The molecule has 0 saturated carbocycles. The number of thiophene rings is 1. The molecule has 14 heavy (non-hydrogen) atoms. The van der Waals surface area contributed by atoms with Crippen molar-refractivity contribution < 1.29 is 0 Å². The normalized spacial score (nSPS) is 12.7. The molecular formula is C9H8ClN3S. The van der Waals surface area contributed by atoms with Gasteiger partial charge in [-0.05, 0) is 23.1 Å². The van der Waals surface area contributed by atoms with Crippen molar-refractivity contribution in [2.75, 3.05) is 0 Å². The maximum absolute atomic E-state index is 6.02. The minimum atomic E-state index is -0.210. The molecule has 2 heterocycles. The maximum Gasteiger partial charge on any atom is 0.0677 e. The number of rotatable bonds is 2. The second-order valence-electron chi connectivity index (χ2n) is 2.79. The Bertz CT molecular complexity index is 415. The lowest BCUT2D eigenvalue weighted by Crippen LogP contribution is -2.10. The summed E-state index contributed by atoms with van der Waals surface area (Å²) in [6.45, 7) is 0. The summed E-state index contributed by atoms with van der Waals surface area (Å²) in [6.07, 6.45) is 3.28. The first-order valence-corrected chi connectivity index (χ1v) is 5.30. The number of nitrogens with zero attached hydrogens (tertiary/aromatic N) is 2. The zero-order valence-electron chi connectivity index (χ0n) is 7.22. The molecule has 2 aromatic heterocycles. The van der Waals surface area contributed by atoms with Crippen molar-refractivity contribution in [2.45, 2.75) is 6.04 Å². The molecule has 0 radical (unpaired) electrons. The zero-order chi connectivity index (χ0) is 9.97. The number of hydrogen-bond donors (Lipinski definition) is 1. The molecular weight excluding hydrogens is 218 g/mol. The largest absolute Gasteiger partial charge is 0.320 e. The molecule has 0 spiro atoms.